The summed E-state index contributed by atoms with van der Waals surface area (Å²) in [4.78, 5) is 8.60. The Balaban J connectivity index is 2.05. The molecule has 4 N–H and O–H groups in total. The molecule has 1 aliphatic rings. The third-order valence-electron chi connectivity index (χ3n) is 4.70. The lowest BCUT2D eigenvalue weighted by atomic mass is 9.97. The summed E-state index contributed by atoms with van der Waals surface area (Å²) in [5, 5.41) is 22.6. The van der Waals surface area contributed by atoms with Crippen molar-refractivity contribution in [1.82, 2.24) is 15.3 Å². The highest BCUT2D eigenvalue weighted by Gasteiger charge is 2.30. The summed E-state index contributed by atoms with van der Waals surface area (Å²) < 4.78 is 13.6. The molecular weight excluding hydrogens is 321 g/mol. The monoisotopic (exact) mass is 341 g/mol. The van der Waals surface area contributed by atoms with Gasteiger partial charge in [-0.25, -0.2) is 14.4 Å². The Morgan fingerprint density at radius 2 is 2.20 bits per heavy atom. The molecule has 25 heavy (non-hydrogen) atoms. The highest BCUT2D eigenvalue weighted by Crippen LogP contribution is 2.40. The summed E-state index contributed by atoms with van der Waals surface area (Å²) in [5.41, 5.74) is 6.99. The molecule has 1 aromatic heterocycles. The van der Waals surface area contributed by atoms with E-state index >= 15 is 0 Å². The number of phenolic OH excluding ortho intramolecular Hbond substituents is 1. The van der Waals surface area contributed by atoms with E-state index < -0.39 is 5.82 Å². The maximum Gasteiger partial charge on any atom is 0.165 e. The predicted octanol–water partition coefficient (Wildman–Crippen LogP) is 2.55. The van der Waals surface area contributed by atoms with Crippen LogP contribution in [0.5, 0.6) is 5.75 Å². The summed E-state index contributed by atoms with van der Waals surface area (Å²) >= 11 is 0. The zero-order valence-electron chi connectivity index (χ0n) is 14.0. The van der Waals surface area contributed by atoms with E-state index in [1.807, 2.05) is 7.05 Å². The Bertz CT molecular complexity index is 833. The number of nitrogen functional groups attached to an aromatic ring is 1. The van der Waals surface area contributed by atoms with Gasteiger partial charge < -0.3 is 16.2 Å². The number of benzene rings is 1. The first-order chi connectivity index (χ1) is 12.0. The van der Waals surface area contributed by atoms with Crippen molar-refractivity contribution in [3.8, 4) is 23.2 Å². The fourth-order valence-electron chi connectivity index (χ4n) is 3.51. The van der Waals surface area contributed by atoms with Crippen molar-refractivity contribution >= 4 is 5.82 Å². The minimum Gasteiger partial charge on any atom is -0.507 e. The highest BCUT2D eigenvalue weighted by atomic mass is 19.1. The van der Waals surface area contributed by atoms with Gasteiger partial charge in [0.05, 0.1) is 11.3 Å². The number of phenols is 1. The molecule has 0 saturated heterocycles. The second kappa shape index (κ2) is 7.03. The number of halogens is 1. The Labute approximate surface area is 145 Å². The van der Waals surface area contributed by atoms with Gasteiger partial charge in [0, 0.05) is 5.92 Å². The predicted molar refractivity (Wildman–Crippen MR) is 92.2 cm³/mol. The van der Waals surface area contributed by atoms with Gasteiger partial charge >= 0.3 is 0 Å². The van der Waals surface area contributed by atoms with Crippen LogP contribution in [0.2, 0.25) is 0 Å². The Morgan fingerprint density at radius 1 is 1.40 bits per heavy atom. The number of nitrogens with zero attached hydrogens (tertiary/aromatic N) is 3. The fourth-order valence-corrected chi connectivity index (χ4v) is 3.51. The van der Waals surface area contributed by atoms with E-state index in [2.05, 4.69) is 21.4 Å². The Kier molecular flexibility index (Phi) is 4.81. The number of hydrogen-bond acceptors (Lipinski definition) is 6. The lowest BCUT2D eigenvalue weighted by Gasteiger charge is -2.15. The minimum absolute atomic E-state index is 0.0585. The van der Waals surface area contributed by atoms with Crippen molar-refractivity contribution in [2.45, 2.75) is 25.2 Å². The molecule has 1 fully saturated rings. The molecule has 2 aromatic rings. The van der Waals surface area contributed by atoms with Crippen LogP contribution in [-0.4, -0.2) is 28.7 Å². The SMILES string of the molecule is CNCC1CCC(c2nc(-c3cc(F)ccc3O)nc(N)c2C#N)C1. The largest absolute Gasteiger partial charge is 0.507 e. The zero-order valence-corrected chi connectivity index (χ0v) is 14.0. The molecule has 0 bridgehead atoms. The molecule has 2 atom stereocenters. The van der Waals surface area contributed by atoms with E-state index in [1.165, 1.54) is 12.1 Å². The van der Waals surface area contributed by atoms with E-state index in [-0.39, 0.29) is 34.4 Å². The van der Waals surface area contributed by atoms with E-state index in [0.717, 1.165) is 31.9 Å². The minimum atomic E-state index is -0.504. The number of nitriles is 1. The molecule has 130 valence electrons. The first-order valence-corrected chi connectivity index (χ1v) is 8.24. The topological polar surface area (TPSA) is 108 Å². The molecule has 1 heterocycles. The van der Waals surface area contributed by atoms with E-state index in [0.29, 0.717) is 11.6 Å². The summed E-state index contributed by atoms with van der Waals surface area (Å²) in [6.45, 7) is 0.913. The second-order valence-corrected chi connectivity index (χ2v) is 6.40. The Morgan fingerprint density at radius 3 is 2.92 bits per heavy atom. The van der Waals surface area contributed by atoms with Crippen LogP contribution < -0.4 is 11.1 Å². The van der Waals surface area contributed by atoms with Crippen molar-refractivity contribution in [2.75, 3.05) is 19.3 Å². The quantitative estimate of drug-likeness (QED) is 0.789. The molecule has 0 amide bonds. The molecule has 0 radical (unpaired) electrons. The normalized spacial score (nSPS) is 19.7. The molecule has 3 rings (SSSR count). The Hall–Kier alpha value is -2.72. The molecule has 1 aliphatic carbocycles. The van der Waals surface area contributed by atoms with Crippen LogP contribution in [-0.2, 0) is 0 Å². The van der Waals surface area contributed by atoms with Crippen LogP contribution in [0.1, 0.15) is 36.4 Å². The number of rotatable bonds is 4. The molecular formula is C18H20FN5O. The third kappa shape index (κ3) is 3.39. The average molecular weight is 341 g/mol. The summed E-state index contributed by atoms with van der Waals surface area (Å²) in [6, 6.07) is 5.66. The van der Waals surface area contributed by atoms with Crippen LogP contribution in [0, 0.1) is 23.1 Å². The van der Waals surface area contributed by atoms with Crippen LogP contribution in [0.25, 0.3) is 11.4 Å². The van der Waals surface area contributed by atoms with E-state index in [4.69, 9.17) is 5.73 Å². The van der Waals surface area contributed by atoms with Crippen molar-refractivity contribution < 1.29 is 9.50 Å². The molecule has 1 aromatic carbocycles. The lowest BCUT2D eigenvalue weighted by molar-refractivity contribution is 0.474. The first-order valence-electron chi connectivity index (χ1n) is 8.24. The van der Waals surface area contributed by atoms with Crippen molar-refractivity contribution in [3.05, 3.63) is 35.3 Å². The molecule has 0 spiro atoms. The number of nitrogens with two attached hydrogens (primary N) is 1. The zero-order chi connectivity index (χ0) is 18.0. The van der Waals surface area contributed by atoms with Gasteiger partial charge in [0.2, 0.25) is 0 Å². The van der Waals surface area contributed by atoms with Crippen molar-refractivity contribution in [2.24, 2.45) is 5.92 Å². The molecule has 7 heteroatoms. The third-order valence-corrected chi connectivity index (χ3v) is 4.70. The smallest absolute Gasteiger partial charge is 0.165 e. The van der Waals surface area contributed by atoms with Crippen molar-refractivity contribution in [1.29, 1.82) is 5.26 Å². The maximum atomic E-state index is 13.6. The van der Waals surface area contributed by atoms with Crippen molar-refractivity contribution in [3.63, 3.8) is 0 Å². The summed E-state index contributed by atoms with van der Waals surface area (Å²) in [7, 11) is 1.92. The van der Waals surface area contributed by atoms with Gasteiger partial charge in [0.15, 0.2) is 5.82 Å². The summed E-state index contributed by atoms with van der Waals surface area (Å²) in [6.07, 6.45) is 2.85. The van der Waals surface area contributed by atoms with Gasteiger partial charge in [-0.2, -0.15) is 5.26 Å². The number of anilines is 1. The lowest BCUT2D eigenvalue weighted by Crippen LogP contribution is -2.16. The van der Waals surface area contributed by atoms with Gasteiger partial charge in [0.25, 0.3) is 0 Å². The number of aromatic hydroxyl groups is 1. The van der Waals surface area contributed by atoms with Gasteiger partial charge in [-0.05, 0) is 57.0 Å². The van der Waals surface area contributed by atoms with E-state index in [9.17, 15) is 14.8 Å². The van der Waals surface area contributed by atoms with Gasteiger partial charge in [-0.1, -0.05) is 0 Å². The van der Waals surface area contributed by atoms with E-state index in [1.54, 1.807) is 0 Å². The number of hydrogen-bond donors (Lipinski definition) is 3. The van der Waals surface area contributed by atoms with Crippen LogP contribution in [0.15, 0.2) is 18.2 Å². The first kappa shape index (κ1) is 17.1. The van der Waals surface area contributed by atoms with Crippen LogP contribution in [0.4, 0.5) is 10.2 Å². The molecule has 0 aliphatic heterocycles. The highest BCUT2D eigenvalue weighted by molar-refractivity contribution is 5.67. The van der Waals surface area contributed by atoms with Gasteiger partial charge in [0.1, 0.15) is 29.0 Å². The van der Waals surface area contributed by atoms with Gasteiger partial charge in [-0.15, -0.1) is 0 Å². The number of nitrogens with one attached hydrogen (secondary N) is 1. The average Bonchev–Trinajstić information content (AvgIpc) is 3.05. The molecule has 2 unspecified atom stereocenters. The number of aromatic nitrogens is 2. The maximum absolute atomic E-state index is 13.6. The van der Waals surface area contributed by atoms with Crippen LogP contribution in [0.3, 0.4) is 0 Å². The second-order valence-electron chi connectivity index (χ2n) is 6.40. The standard InChI is InChI=1S/C18H20FN5O/c1-22-9-10-2-3-11(6-10)16-14(8-20)17(21)24-18(23-16)13-7-12(19)4-5-15(13)25/h4-5,7,10-11,22,25H,2-3,6,9H2,1H3,(H2,21,23,24). The fraction of sp³-hybridized carbons (Fsp3) is 0.389. The van der Waals surface area contributed by atoms with Crippen LogP contribution >= 0.6 is 0 Å². The van der Waals surface area contributed by atoms with Gasteiger partial charge in [-0.3, -0.25) is 0 Å². The molecule has 6 nitrogen and oxygen atoms in total. The summed E-state index contributed by atoms with van der Waals surface area (Å²) in [5.74, 6) is 0.187. The molecule has 1 saturated carbocycles.